The Balaban J connectivity index is 1.91. The molecule has 1 aromatic heterocycles. The van der Waals surface area contributed by atoms with Crippen molar-refractivity contribution in [2.24, 2.45) is 0 Å². The number of rotatable bonds is 7. The first-order chi connectivity index (χ1) is 13.1. The van der Waals surface area contributed by atoms with Gasteiger partial charge in [-0.25, -0.2) is 4.39 Å². The highest BCUT2D eigenvalue weighted by Gasteiger charge is 2.22. The Labute approximate surface area is 168 Å². The van der Waals surface area contributed by atoms with Crippen LogP contribution < -0.4 is 5.32 Å². The highest BCUT2D eigenvalue weighted by molar-refractivity contribution is 9.10. The van der Waals surface area contributed by atoms with E-state index in [1.54, 1.807) is 6.07 Å². The molecule has 1 amide bonds. The molecule has 0 aliphatic rings. The van der Waals surface area contributed by atoms with Crippen LogP contribution in [0.25, 0.3) is 11.1 Å². The van der Waals surface area contributed by atoms with Crippen molar-refractivity contribution >= 4 is 39.6 Å². The molecule has 0 radical (unpaired) electrons. The van der Waals surface area contributed by atoms with Crippen molar-refractivity contribution in [2.45, 2.75) is 6.04 Å². The largest absolute Gasteiger partial charge is 0.465 e. The van der Waals surface area contributed by atoms with E-state index in [2.05, 4.69) is 21.2 Å². The maximum absolute atomic E-state index is 13.9. The highest BCUT2D eigenvalue weighted by atomic mass is 79.9. The minimum Gasteiger partial charge on any atom is -0.465 e. The van der Waals surface area contributed by atoms with Gasteiger partial charge in [0.2, 0.25) is 0 Å². The van der Waals surface area contributed by atoms with Crippen LogP contribution in [0.2, 0.25) is 0 Å². The summed E-state index contributed by atoms with van der Waals surface area (Å²) in [6.07, 6.45) is 0. The predicted molar refractivity (Wildman–Crippen MR) is 106 cm³/mol. The standard InChI is InChI=1S/C20H15BrFNO3S/c21-14-7-5-13(6-8-14)16-10-27-11-17(16)19(9-26-12-24)23-20(25)15-3-1-2-4-18(15)22/h1-8,10-12,19H,9H2,(H,23,25). The number of nitrogens with one attached hydrogen (secondary N) is 1. The molecule has 1 unspecified atom stereocenters. The fourth-order valence-electron chi connectivity index (χ4n) is 2.67. The molecule has 0 aliphatic carbocycles. The molecule has 0 saturated heterocycles. The minimum atomic E-state index is -0.608. The van der Waals surface area contributed by atoms with Crippen molar-refractivity contribution in [2.75, 3.05) is 6.61 Å². The Kier molecular flexibility index (Phi) is 6.36. The number of hydrogen-bond donors (Lipinski definition) is 1. The molecule has 1 N–H and O–H groups in total. The zero-order valence-electron chi connectivity index (χ0n) is 14.0. The minimum absolute atomic E-state index is 0.0516. The highest BCUT2D eigenvalue weighted by Crippen LogP contribution is 2.33. The van der Waals surface area contributed by atoms with Crippen LogP contribution in [0.3, 0.4) is 0 Å². The summed E-state index contributed by atoms with van der Waals surface area (Å²) in [5.74, 6) is -1.18. The van der Waals surface area contributed by atoms with Gasteiger partial charge in [0.15, 0.2) is 0 Å². The second kappa shape index (κ2) is 8.92. The van der Waals surface area contributed by atoms with Crippen LogP contribution in [0.15, 0.2) is 63.8 Å². The van der Waals surface area contributed by atoms with Gasteiger partial charge in [0.05, 0.1) is 11.6 Å². The van der Waals surface area contributed by atoms with Gasteiger partial charge in [0, 0.05) is 4.47 Å². The van der Waals surface area contributed by atoms with E-state index in [0.29, 0.717) is 6.47 Å². The average molecular weight is 448 g/mol. The lowest BCUT2D eigenvalue weighted by molar-refractivity contribution is -0.129. The van der Waals surface area contributed by atoms with Gasteiger partial charge in [-0.2, -0.15) is 11.3 Å². The lowest BCUT2D eigenvalue weighted by atomic mass is 9.99. The molecule has 7 heteroatoms. The summed E-state index contributed by atoms with van der Waals surface area (Å²) in [4.78, 5) is 23.2. The van der Waals surface area contributed by atoms with Gasteiger partial charge < -0.3 is 10.1 Å². The van der Waals surface area contributed by atoms with E-state index in [9.17, 15) is 14.0 Å². The molecule has 0 aliphatic heterocycles. The molecule has 1 heterocycles. The van der Waals surface area contributed by atoms with Gasteiger partial charge in [-0.15, -0.1) is 0 Å². The lowest BCUT2D eigenvalue weighted by Crippen LogP contribution is -2.32. The normalized spacial score (nSPS) is 11.6. The van der Waals surface area contributed by atoms with E-state index in [4.69, 9.17) is 4.74 Å². The molecular formula is C20H15BrFNO3S. The van der Waals surface area contributed by atoms with E-state index in [1.165, 1.54) is 29.5 Å². The molecule has 3 aromatic rings. The summed E-state index contributed by atoms with van der Waals surface area (Å²) >= 11 is 4.88. The van der Waals surface area contributed by atoms with Crippen LogP contribution in [0.4, 0.5) is 4.39 Å². The smallest absolute Gasteiger partial charge is 0.293 e. The number of carbonyl (C=O) groups excluding carboxylic acids is 2. The van der Waals surface area contributed by atoms with Crippen LogP contribution in [0.5, 0.6) is 0 Å². The summed E-state index contributed by atoms with van der Waals surface area (Å²) in [5, 5.41) is 6.61. The third-order valence-corrected chi connectivity index (χ3v) is 5.27. The third-order valence-electron chi connectivity index (χ3n) is 3.98. The molecule has 0 saturated carbocycles. The van der Waals surface area contributed by atoms with Gasteiger partial charge in [0.25, 0.3) is 12.4 Å². The van der Waals surface area contributed by atoms with Crippen molar-refractivity contribution in [3.63, 3.8) is 0 Å². The Hall–Kier alpha value is -2.51. The quantitative estimate of drug-likeness (QED) is 0.520. The number of amides is 1. The van der Waals surface area contributed by atoms with Crippen LogP contribution >= 0.6 is 27.3 Å². The predicted octanol–water partition coefficient (Wildman–Crippen LogP) is 4.96. The van der Waals surface area contributed by atoms with Gasteiger partial charge in [-0.05, 0) is 51.7 Å². The average Bonchev–Trinajstić information content (AvgIpc) is 3.15. The summed E-state index contributed by atoms with van der Waals surface area (Å²) in [6.45, 7) is 0.276. The lowest BCUT2D eigenvalue weighted by Gasteiger charge is -2.19. The number of ether oxygens (including phenoxy) is 1. The first-order valence-corrected chi connectivity index (χ1v) is 9.76. The number of halogens is 2. The molecular weight excluding hydrogens is 433 g/mol. The number of thiophene rings is 1. The topological polar surface area (TPSA) is 55.4 Å². The second-order valence-corrected chi connectivity index (χ2v) is 7.34. The Bertz CT molecular complexity index is 942. The fourth-order valence-corrected chi connectivity index (χ4v) is 3.85. The van der Waals surface area contributed by atoms with Crippen LogP contribution in [0, 0.1) is 5.82 Å². The number of benzene rings is 2. The molecule has 0 bridgehead atoms. The zero-order chi connectivity index (χ0) is 19.2. The Morgan fingerprint density at radius 2 is 1.93 bits per heavy atom. The van der Waals surface area contributed by atoms with Crippen LogP contribution in [-0.2, 0) is 9.53 Å². The summed E-state index contributed by atoms with van der Waals surface area (Å²) in [5.41, 5.74) is 2.62. The first-order valence-electron chi connectivity index (χ1n) is 8.03. The van der Waals surface area contributed by atoms with E-state index >= 15 is 0 Å². The molecule has 0 spiro atoms. The van der Waals surface area contributed by atoms with Gasteiger partial charge in [-0.3, -0.25) is 9.59 Å². The number of carbonyl (C=O) groups is 2. The van der Waals surface area contributed by atoms with Crippen molar-refractivity contribution in [3.8, 4) is 11.1 Å². The van der Waals surface area contributed by atoms with Gasteiger partial charge in [-0.1, -0.05) is 40.2 Å². The van der Waals surface area contributed by atoms with Crippen molar-refractivity contribution < 1.29 is 18.7 Å². The maximum Gasteiger partial charge on any atom is 0.293 e. The fraction of sp³-hybridized carbons (Fsp3) is 0.100. The molecule has 138 valence electrons. The summed E-state index contributed by atoms with van der Waals surface area (Å²) < 4.78 is 19.8. The van der Waals surface area contributed by atoms with Gasteiger partial charge >= 0.3 is 0 Å². The van der Waals surface area contributed by atoms with Crippen LogP contribution in [0.1, 0.15) is 22.0 Å². The molecule has 4 nitrogen and oxygen atoms in total. The SMILES string of the molecule is O=COCC(NC(=O)c1ccccc1F)c1cscc1-c1ccc(Br)cc1. The van der Waals surface area contributed by atoms with E-state index in [0.717, 1.165) is 21.2 Å². The van der Waals surface area contributed by atoms with E-state index in [1.807, 2.05) is 35.0 Å². The monoisotopic (exact) mass is 447 g/mol. The Morgan fingerprint density at radius 1 is 1.19 bits per heavy atom. The molecule has 1 atom stereocenters. The third kappa shape index (κ3) is 4.61. The Morgan fingerprint density at radius 3 is 2.63 bits per heavy atom. The van der Waals surface area contributed by atoms with Crippen molar-refractivity contribution in [1.82, 2.24) is 5.32 Å². The molecule has 0 fully saturated rings. The van der Waals surface area contributed by atoms with Crippen molar-refractivity contribution in [1.29, 1.82) is 0 Å². The zero-order valence-corrected chi connectivity index (χ0v) is 16.4. The molecule has 2 aromatic carbocycles. The van der Waals surface area contributed by atoms with Crippen LogP contribution in [-0.4, -0.2) is 19.0 Å². The van der Waals surface area contributed by atoms with E-state index < -0.39 is 17.8 Å². The molecule has 3 rings (SSSR count). The van der Waals surface area contributed by atoms with Crippen molar-refractivity contribution in [3.05, 3.63) is 80.7 Å². The first kappa shape index (κ1) is 19.3. The number of hydrogen-bond acceptors (Lipinski definition) is 4. The maximum atomic E-state index is 13.9. The molecule has 27 heavy (non-hydrogen) atoms. The second-order valence-electron chi connectivity index (χ2n) is 5.68. The van der Waals surface area contributed by atoms with E-state index in [-0.39, 0.29) is 12.2 Å². The van der Waals surface area contributed by atoms with Gasteiger partial charge in [0.1, 0.15) is 12.4 Å². The summed E-state index contributed by atoms with van der Waals surface area (Å²) in [6, 6.07) is 12.9. The summed E-state index contributed by atoms with van der Waals surface area (Å²) in [7, 11) is 0.